The van der Waals surface area contributed by atoms with Gasteiger partial charge in [-0.15, -0.1) is 0 Å². The van der Waals surface area contributed by atoms with Gasteiger partial charge in [0.2, 0.25) is 0 Å². The monoisotopic (exact) mass is 234 g/mol. The molecular formula is C14H22N2O. The summed E-state index contributed by atoms with van der Waals surface area (Å²) in [5, 5.41) is 3.02. The number of aryl methyl sites for hydroxylation is 2. The van der Waals surface area contributed by atoms with Gasteiger partial charge < -0.3 is 10.2 Å². The van der Waals surface area contributed by atoms with E-state index in [1.54, 1.807) is 4.90 Å². The van der Waals surface area contributed by atoms with Gasteiger partial charge in [0, 0.05) is 18.8 Å². The maximum atomic E-state index is 12.0. The average Bonchev–Trinajstić information content (AvgIpc) is 2.33. The first-order chi connectivity index (χ1) is 8.13. The van der Waals surface area contributed by atoms with Crippen LogP contribution in [0.4, 0.5) is 10.5 Å². The molecule has 17 heavy (non-hydrogen) atoms. The smallest absolute Gasteiger partial charge is 0.321 e. The molecule has 0 heterocycles. The molecule has 0 radical (unpaired) electrons. The fraction of sp³-hybridized carbons (Fsp3) is 0.500. The van der Waals surface area contributed by atoms with Crippen LogP contribution in [0.5, 0.6) is 0 Å². The summed E-state index contributed by atoms with van der Waals surface area (Å²) in [6.07, 6.45) is 0.926. The molecule has 0 aliphatic rings. The summed E-state index contributed by atoms with van der Waals surface area (Å²) < 4.78 is 0. The van der Waals surface area contributed by atoms with Gasteiger partial charge in [0.05, 0.1) is 0 Å². The number of para-hydroxylation sites is 1. The summed E-state index contributed by atoms with van der Waals surface area (Å²) in [7, 11) is 0. The van der Waals surface area contributed by atoms with Crippen molar-refractivity contribution in [1.29, 1.82) is 0 Å². The SMILES string of the molecule is CCc1cccc(C)c1NC(=O)N(CC)CC. The maximum Gasteiger partial charge on any atom is 0.321 e. The van der Waals surface area contributed by atoms with Crippen molar-refractivity contribution in [3.8, 4) is 0 Å². The Labute approximate surface area is 104 Å². The number of nitrogens with one attached hydrogen (secondary N) is 1. The zero-order valence-electron chi connectivity index (χ0n) is 11.2. The number of carbonyl (C=O) groups excluding carboxylic acids is 1. The predicted molar refractivity (Wildman–Crippen MR) is 72.5 cm³/mol. The number of carbonyl (C=O) groups is 1. The zero-order valence-corrected chi connectivity index (χ0v) is 11.2. The van der Waals surface area contributed by atoms with Crippen LogP contribution in [0.3, 0.4) is 0 Å². The Morgan fingerprint density at radius 2 is 1.88 bits per heavy atom. The van der Waals surface area contributed by atoms with Gasteiger partial charge in [-0.3, -0.25) is 0 Å². The van der Waals surface area contributed by atoms with Crippen LogP contribution in [0.15, 0.2) is 18.2 Å². The number of hydrogen-bond acceptors (Lipinski definition) is 1. The third kappa shape index (κ3) is 3.22. The number of urea groups is 1. The second-order valence-electron chi connectivity index (χ2n) is 4.07. The number of rotatable bonds is 4. The van der Waals surface area contributed by atoms with E-state index < -0.39 is 0 Å². The predicted octanol–water partition coefficient (Wildman–Crippen LogP) is 3.43. The molecule has 1 N–H and O–H groups in total. The Bertz CT molecular complexity index is 384. The molecule has 0 aliphatic carbocycles. The van der Waals surface area contributed by atoms with E-state index in [0.29, 0.717) is 0 Å². The van der Waals surface area contributed by atoms with Crippen molar-refractivity contribution in [2.75, 3.05) is 18.4 Å². The summed E-state index contributed by atoms with van der Waals surface area (Å²) in [5.41, 5.74) is 3.27. The maximum absolute atomic E-state index is 12.0. The van der Waals surface area contributed by atoms with E-state index in [-0.39, 0.29) is 6.03 Å². The summed E-state index contributed by atoms with van der Waals surface area (Å²) in [5.74, 6) is 0. The molecule has 94 valence electrons. The van der Waals surface area contributed by atoms with Crippen LogP contribution in [0, 0.1) is 6.92 Å². The standard InChI is InChI=1S/C14H22N2O/c1-5-12-10-8-9-11(4)13(12)15-14(17)16(6-2)7-3/h8-10H,5-7H2,1-4H3,(H,15,17). The van der Waals surface area contributed by atoms with Crippen LogP contribution in [0.1, 0.15) is 31.9 Å². The number of benzene rings is 1. The van der Waals surface area contributed by atoms with Crippen LogP contribution in [0.2, 0.25) is 0 Å². The third-order valence-electron chi connectivity index (χ3n) is 3.02. The molecule has 0 aliphatic heterocycles. The van der Waals surface area contributed by atoms with Gasteiger partial charge in [0.15, 0.2) is 0 Å². The van der Waals surface area contributed by atoms with E-state index in [9.17, 15) is 4.79 Å². The van der Waals surface area contributed by atoms with Crippen LogP contribution in [-0.2, 0) is 6.42 Å². The van der Waals surface area contributed by atoms with E-state index in [0.717, 1.165) is 30.8 Å². The Morgan fingerprint density at radius 3 is 2.41 bits per heavy atom. The lowest BCUT2D eigenvalue weighted by Gasteiger charge is -2.21. The van der Waals surface area contributed by atoms with Gasteiger partial charge in [-0.05, 0) is 38.3 Å². The second-order valence-corrected chi connectivity index (χ2v) is 4.07. The molecule has 1 aromatic carbocycles. The second kappa shape index (κ2) is 6.28. The Balaban J connectivity index is 2.91. The summed E-state index contributed by atoms with van der Waals surface area (Å²) in [6, 6.07) is 6.10. The van der Waals surface area contributed by atoms with E-state index in [4.69, 9.17) is 0 Å². The molecule has 0 bridgehead atoms. The van der Waals surface area contributed by atoms with Crippen molar-refractivity contribution in [2.24, 2.45) is 0 Å². The van der Waals surface area contributed by atoms with Gasteiger partial charge >= 0.3 is 6.03 Å². The molecular weight excluding hydrogens is 212 g/mol. The van der Waals surface area contributed by atoms with Crippen LogP contribution >= 0.6 is 0 Å². The fourth-order valence-electron chi connectivity index (χ4n) is 1.90. The van der Waals surface area contributed by atoms with Gasteiger partial charge in [-0.25, -0.2) is 4.79 Å². The largest absolute Gasteiger partial charge is 0.325 e. The molecule has 0 saturated heterocycles. The normalized spacial score (nSPS) is 10.1. The van der Waals surface area contributed by atoms with Gasteiger partial charge in [-0.2, -0.15) is 0 Å². The van der Waals surface area contributed by atoms with Crippen molar-refractivity contribution >= 4 is 11.7 Å². The van der Waals surface area contributed by atoms with Crippen LogP contribution in [0.25, 0.3) is 0 Å². The highest BCUT2D eigenvalue weighted by Gasteiger charge is 2.12. The Hall–Kier alpha value is -1.51. The lowest BCUT2D eigenvalue weighted by molar-refractivity contribution is 0.217. The van der Waals surface area contributed by atoms with E-state index in [2.05, 4.69) is 18.3 Å². The molecule has 0 atom stereocenters. The lowest BCUT2D eigenvalue weighted by Crippen LogP contribution is -2.34. The average molecular weight is 234 g/mol. The van der Waals surface area contributed by atoms with E-state index >= 15 is 0 Å². The van der Waals surface area contributed by atoms with Gasteiger partial charge in [0.25, 0.3) is 0 Å². The third-order valence-corrected chi connectivity index (χ3v) is 3.02. The minimum atomic E-state index is -0.0148. The van der Waals surface area contributed by atoms with Crippen molar-refractivity contribution in [3.63, 3.8) is 0 Å². The van der Waals surface area contributed by atoms with Gasteiger partial charge in [-0.1, -0.05) is 25.1 Å². The molecule has 0 aromatic heterocycles. The number of hydrogen-bond donors (Lipinski definition) is 1. The Morgan fingerprint density at radius 1 is 1.24 bits per heavy atom. The molecule has 3 nitrogen and oxygen atoms in total. The number of anilines is 1. The summed E-state index contributed by atoms with van der Waals surface area (Å²) in [6.45, 7) is 9.56. The molecule has 0 fully saturated rings. The van der Waals surface area contributed by atoms with Crippen LogP contribution in [-0.4, -0.2) is 24.0 Å². The van der Waals surface area contributed by atoms with Crippen LogP contribution < -0.4 is 5.32 Å². The molecule has 1 aromatic rings. The molecule has 3 heteroatoms. The minimum Gasteiger partial charge on any atom is -0.325 e. The first-order valence-corrected chi connectivity index (χ1v) is 6.28. The fourth-order valence-corrected chi connectivity index (χ4v) is 1.90. The van der Waals surface area contributed by atoms with Crippen molar-refractivity contribution in [1.82, 2.24) is 4.90 Å². The van der Waals surface area contributed by atoms with E-state index in [1.165, 1.54) is 5.56 Å². The topological polar surface area (TPSA) is 32.3 Å². The first kappa shape index (κ1) is 13.6. The minimum absolute atomic E-state index is 0.0148. The highest BCUT2D eigenvalue weighted by atomic mass is 16.2. The molecule has 0 unspecified atom stereocenters. The van der Waals surface area contributed by atoms with Crippen molar-refractivity contribution in [2.45, 2.75) is 34.1 Å². The van der Waals surface area contributed by atoms with Gasteiger partial charge in [0.1, 0.15) is 0 Å². The van der Waals surface area contributed by atoms with E-state index in [1.807, 2.05) is 32.9 Å². The zero-order chi connectivity index (χ0) is 12.8. The highest BCUT2D eigenvalue weighted by Crippen LogP contribution is 2.21. The molecule has 0 spiro atoms. The molecule has 2 amide bonds. The summed E-state index contributed by atoms with van der Waals surface area (Å²) in [4.78, 5) is 13.8. The van der Waals surface area contributed by atoms with Crippen molar-refractivity contribution < 1.29 is 4.79 Å². The lowest BCUT2D eigenvalue weighted by atomic mass is 10.1. The number of nitrogens with zero attached hydrogens (tertiary/aromatic N) is 1. The quantitative estimate of drug-likeness (QED) is 0.850. The molecule has 1 rings (SSSR count). The molecule has 0 saturated carbocycles. The highest BCUT2D eigenvalue weighted by molar-refractivity contribution is 5.91. The Kier molecular flexibility index (Phi) is 5.01. The number of amides is 2. The van der Waals surface area contributed by atoms with Crippen molar-refractivity contribution in [3.05, 3.63) is 29.3 Å². The first-order valence-electron chi connectivity index (χ1n) is 6.28. The summed E-state index contributed by atoms with van der Waals surface area (Å²) >= 11 is 0.